The summed E-state index contributed by atoms with van der Waals surface area (Å²) in [5.74, 6) is 1.50. The van der Waals surface area contributed by atoms with Crippen LogP contribution in [0.15, 0.2) is 0 Å². The number of rotatable bonds is 4. The van der Waals surface area contributed by atoms with Gasteiger partial charge in [-0.2, -0.15) is 0 Å². The Kier molecular flexibility index (Phi) is 9.44. The van der Waals surface area contributed by atoms with Crippen LogP contribution in [0.4, 0.5) is 0 Å². The molecule has 0 heterocycles. The Bertz CT molecular complexity index is 187. The Morgan fingerprint density at radius 3 is 0.800 bits per heavy atom. The highest BCUT2D eigenvalue weighted by Crippen LogP contribution is 2.29. The number of aliphatic hydroxyl groups excluding tert-OH is 4. The van der Waals surface area contributed by atoms with Gasteiger partial charge >= 0.3 is 0 Å². The summed E-state index contributed by atoms with van der Waals surface area (Å²) in [5.41, 5.74) is 0. The molecule has 0 saturated heterocycles. The van der Waals surface area contributed by atoms with Crippen molar-refractivity contribution < 1.29 is 20.4 Å². The third-order valence-corrected chi connectivity index (χ3v) is 5.07. The minimum Gasteiger partial charge on any atom is -0.396 e. The fraction of sp³-hybridized carbons (Fsp3) is 1.00. The average Bonchev–Trinajstić information content (AvgIpc) is 2.55. The molecule has 0 radical (unpaired) electrons. The number of aliphatic hydroxyl groups is 4. The van der Waals surface area contributed by atoms with Gasteiger partial charge in [0.05, 0.1) is 0 Å². The van der Waals surface area contributed by atoms with Crippen LogP contribution < -0.4 is 0 Å². The lowest BCUT2D eigenvalue weighted by Crippen LogP contribution is -2.25. The van der Waals surface area contributed by atoms with Crippen molar-refractivity contribution in [2.75, 3.05) is 26.4 Å². The lowest BCUT2D eigenvalue weighted by atomic mass is 9.80. The van der Waals surface area contributed by atoms with Crippen LogP contribution in [0.1, 0.15) is 51.4 Å². The molecule has 0 aromatic rings. The zero-order valence-electron chi connectivity index (χ0n) is 12.6. The highest BCUT2D eigenvalue weighted by Gasteiger charge is 2.23. The van der Waals surface area contributed by atoms with E-state index < -0.39 is 0 Å². The summed E-state index contributed by atoms with van der Waals surface area (Å²) >= 11 is 0. The van der Waals surface area contributed by atoms with Crippen molar-refractivity contribution >= 4 is 0 Å². The molecule has 2 aliphatic rings. The molecule has 2 aliphatic carbocycles. The maximum atomic E-state index is 8.88. The van der Waals surface area contributed by atoms with Gasteiger partial charge in [-0.1, -0.05) is 25.7 Å². The van der Waals surface area contributed by atoms with E-state index in [-0.39, 0.29) is 26.4 Å². The topological polar surface area (TPSA) is 80.9 Å². The van der Waals surface area contributed by atoms with Gasteiger partial charge in [0.15, 0.2) is 0 Å². The number of hydrogen-bond donors (Lipinski definition) is 4. The summed E-state index contributed by atoms with van der Waals surface area (Å²) in [7, 11) is 0. The van der Waals surface area contributed by atoms with E-state index in [1.54, 1.807) is 0 Å². The molecule has 0 amide bonds. The van der Waals surface area contributed by atoms with Crippen LogP contribution in [-0.2, 0) is 0 Å². The van der Waals surface area contributed by atoms with Gasteiger partial charge in [0.25, 0.3) is 0 Å². The van der Waals surface area contributed by atoms with Crippen molar-refractivity contribution in [3.63, 3.8) is 0 Å². The third kappa shape index (κ3) is 5.68. The van der Waals surface area contributed by atoms with Gasteiger partial charge < -0.3 is 20.4 Å². The Morgan fingerprint density at radius 2 is 0.650 bits per heavy atom. The minimum absolute atomic E-state index is 0.255. The van der Waals surface area contributed by atoms with Crippen LogP contribution in [0, 0.1) is 23.7 Å². The van der Waals surface area contributed by atoms with Gasteiger partial charge in [0, 0.05) is 26.4 Å². The van der Waals surface area contributed by atoms with Gasteiger partial charge in [-0.3, -0.25) is 0 Å². The molecule has 4 heteroatoms. The first-order chi connectivity index (χ1) is 9.76. The standard InChI is InChI=1S/2C8H16O2/c2*9-5-7-3-1-2-4-8(7)6-10/h2*7-10H,1-6H2/t2*7-,8+. The van der Waals surface area contributed by atoms with Crippen molar-refractivity contribution in [1.82, 2.24) is 0 Å². The zero-order chi connectivity index (χ0) is 14.8. The average molecular weight is 288 g/mol. The van der Waals surface area contributed by atoms with E-state index in [1.807, 2.05) is 0 Å². The van der Waals surface area contributed by atoms with Crippen LogP contribution >= 0.6 is 0 Å². The quantitative estimate of drug-likeness (QED) is 0.633. The normalized spacial score (nSPS) is 34.2. The second kappa shape index (κ2) is 10.6. The van der Waals surface area contributed by atoms with Crippen molar-refractivity contribution in [1.29, 1.82) is 0 Å². The molecule has 4 nitrogen and oxygen atoms in total. The molecular weight excluding hydrogens is 256 g/mol. The Hall–Kier alpha value is -0.160. The van der Waals surface area contributed by atoms with E-state index >= 15 is 0 Å². The first-order valence-electron chi connectivity index (χ1n) is 8.20. The molecule has 20 heavy (non-hydrogen) atoms. The first kappa shape index (κ1) is 17.9. The smallest absolute Gasteiger partial charge is 0.0462 e. The summed E-state index contributed by atoms with van der Waals surface area (Å²) in [5, 5.41) is 35.5. The van der Waals surface area contributed by atoms with E-state index in [0.717, 1.165) is 25.7 Å². The van der Waals surface area contributed by atoms with Gasteiger partial charge in [-0.05, 0) is 49.4 Å². The second-order valence-corrected chi connectivity index (χ2v) is 6.34. The predicted octanol–water partition coefficient (Wildman–Crippen LogP) is 1.55. The molecule has 0 aliphatic heterocycles. The first-order valence-corrected chi connectivity index (χ1v) is 8.20. The molecular formula is C16H32O4. The van der Waals surface area contributed by atoms with Crippen molar-refractivity contribution in [3.8, 4) is 0 Å². The molecule has 0 unspecified atom stereocenters. The predicted molar refractivity (Wildman–Crippen MR) is 79.2 cm³/mol. The zero-order valence-corrected chi connectivity index (χ0v) is 12.6. The van der Waals surface area contributed by atoms with Crippen LogP contribution in [-0.4, -0.2) is 46.9 Å². The van der Waals surface area contributed by atoms with Gasteiger partial charge in [0.2, 0.25) is 0 Å². The second-order valence-electron chi connectivity index (χ2n) is 6.34. The van der Waals surface area contributed by atoms with Crippen LogP contribution in [0.5, 0.6) is 0 Å². The van der Waals surface area contributed by atoms with Crippen molar-refractivity contribution in [2.24, 2.45) is 23.7 Å². The molecule has 4 atom stereocenters. The maximum Gasteiger partial charge on any atom is 0.0462 e. The molecule has 2 saturated carbocycles. The van der Waals surface area contributed by atoms with Crippen LogP contribution in [0.3, 0.4) is 0 Å². The van der Waals surface area contributed by atoms with E-state index in [1.165, 1.54) is 25.7 Å². The van der Waals surface area contributed by atoms with Crippen molar-refractivity contribution in [2.45, 2.75) is 51.4 Å². The van der Waals surface area contributed by atoms with E-state index in [4.69, 9.17) is 20.4 Å². The van der Waals surface area contributed by atoms with Gasteiger partial charge in [-0.15, -0.1) is 0 Å². The highest BCUT2D eigenvalue weighted by atomic mass is 16.3. The third-order valence-electron chi connectivity index (χ3n) is 5.07. The molecule has 0 spiro atoms. The molecule has 2 fully saturated rings. The number of hydrogen-bond acceptors (Lipinski definition) is 4. The summed E-state index contributed by atoms with van der Waals surface area (Å²) in [6.45, 7) is 1.02. The Balaban J connectivity index is 0.000000200. The molecule has 120 valence electrons. The summed E-state index contributed by atoms with van der Waals surface area (Å²) < 4.78 is 0. The Labute approximate surface area is 122 Å². The monoisotopic (exact) mass is 288 g/mol. The Morgan fingerprint density at radius 1 is 0.450 bits per heavy atom. The molecule has 2 rings (SSSR count). The van der Waals surface area contributed by atoms with Crippen LogP contribution in [0.2, 0.25) is 0 Å². The lowest BCUT2D eigenvalue weighted by molar-refractivity contribution is 0.0869. The molecule has 0 aromatic heterocycles. The van der Waals surface area contributed by atoms with Gasteiger partial charge in [-0.25, -0.2) is 0 Å². The SMILES string of the molecule is OC[C@@H]1CCCC[C@@H]1CO.OC[C@@H]1CCCC[C@@H]1CO. The fourth-order valence-electron chi connectivity index (χ4n) is 3.53. The molecule has 0 bridgehead atoms. The molecule has 4 N–H and O–H groups in total. The van der Waals surface area contributed by atoms with E-state index in [9.17, 15) is 0 Å². The van der Waals surface area contributed by atoms with E-state index in [0.29, 0.717) is 23.7 Å². The van der Waals surface area contributed by atoms with Crippen molar-refractivity contribution in [3.05, 3.63) is 0 Å². The lowest BCUT2D eigenvalue weighted by Gasteiger charge is -2.28. The fourth-order valence-corrected chi connectivity index (χ4v) is 3.53. The molecule has 0 aromatic carbocycles. The maximum absolute atomic E-state index is 8.88. The summed E-state index contributed by atoms with van der Waals surface area (Å²) in [6.07, 6.45) is 9.29. The minimum atomic E-state index is 0.255. The summed E-state index contributed by atoms with van der Waals surface area (Å²) in [4.78, 5) is 0. The van der Waals surface area contributed by atoms with Crippen LogP contribution in [0.25, 0.3) is 0 Å². The highest BCUT2D eigenvalue weighted by molar-refractivity contribution is 4.74. The summed E-state index contributed by atoms with van der Waals surface area (Å²) in [6, 6.07) is 0. The van der Waals surface area contributed by atoms with Gasteiger partial charge in [0.1, 0.15) is 0 Å². The van der Waals surface area contributed by atoms with E-state index in [2.05, 4.69) is 0 Å². The largest absolute Gasteiger partial charge is 0.396 e.